The number of fused-ring (bicyclic) bond motifs is 1. The van der Waals surface area contributed by atoms with Crippen molar-refractivity contribution in [3.8, 4) is 5.75 Å². The molecule has 0 atom stereocenters. The number of benzene rings is 1. The van der Waals surface area contributed by atoms with Crippen molar-refractivity contribution in [1.82, 2.24) is 19.7 Å². The van der Waals surface area contributed by atoms with Crippen LogP contribution in [0.15, 0.2) is 30.3 Å². The minimum Gasteiger partial charge on any atom is -0.405 e. The molecule has 132 valence electrons. The van der Waals surface area contributed by atoms with Gasteiger partial charge in [-0.05, 0) is 19.1 Å². The highest BCUT2D eigenvalue weighted by atomic mass is 19.4. The van der Waals surface area contributed by atoms with Crippen LogP contribution < -0.4 is 4.74 Å². The van der Waals surface area contributed by atoms with E-state index in [9.17, 15) is 18.0 Å². The molecule has 0 bridgehead atoms. The fraction of sp³-hybridized carbons (Fsp3) is 0.312. The first kappa shape index (κ1) is 17.0. The summed E-state index contributed by atoms with van der Waals surface area (Å²) >= 11 is 0. The Morgan fingerprint density at radius 3 is 2.80 bits per heavy atom. The van der Waals surface area contributed by atoms with Gasteiger partial charge in [0.15, 0.2) is 0 Å². The van der Waals surface area contributed by atoms with Gasteiger partial charge < -0.3 is 9.64 Å². The molecule has 2 heterocycles. The zero-order chi connectivity index (χ0) is 18.0. The van der Waals surface area contributed by atoms with Gasteiger partial charge in [0.2, 0.25) is 5.91 Å². The van der Waals surface area contributed by atoms with Gasteiger partial charge in [0.05, 0.1) is 13.1 Å². The number of hydrogen-bond acceptors (Lipinski definition) is 4. The smallest absolute Gasteiger partial charge is 0.405 e. The lowest BCUT2D eigenvalue weighted by atomic mass is 10.2. The molecule has 2 aromatic rings. The molecule has 0 spiro atoms. The molecule has 0 unspecified atom stereocenters. The fourth-order valence-corrected chi connectivity index (χ4v) is 2.55. The number of alkyl halides is 3. The van der Waals surface area contributed by atoms with Gasteiger partial charge >= 0.3 is 6.36 Å². The molecule has 0 fully saturated rings. The van der Waals surface area contributed by atoms with Crippen molar-refractivity contribution in [2.75, 3.05) is 6.54 Å². The molecule has 6 nitrogen and oxygen atoms in total. The van der Waals surface area contributed by atoms with E-state index in [0.717, 1.165) is 0 Å². The Bertz CT molecular complexity index is 814. The number of para-hydroxylation sites is 1. The molecule has 9 heteroatoms. The second-order valence-electron chi connectivity index (χ2n) is 5.48. The van der Waals surface area contributed by atoms with Gasteiger partial charge in [0.25, 0.3) is 0 Å². The minimum absolute atomic E-state index is 0.171. The number of hydrogen-bond donors (Lipinski definition) is 0. The van der Waals surface area contributed by atoms with Crippen molar-refractivity contribution < 1.29 is 22.7 Å². The van der Waals surface area contributed by atoms with Crippen LogP contribution in [0.5, 0.6) is 5.75 Å². The van der Waals surface area contributed by atoms with Crippen molar-refractivity contribution in [2.24, 2.45) is 0 Å². The number of rotatable bonds is 3. The number of halogens is 3. The second kappa shape index (κ2) is 6.58. The van der Waals surface area contributed by atoms with E-state index >= 15 is 0 Å². The number of aromatic nitrogens is 3. The highest BCUT2D eigenvalue weighted by molar-refractivity contribution is 5.92. The van der Waals surface area contributed by atoms with E-state index in [1.165, 1.54) is 30.4 Å². The van der Waals surface area contributed by atoms with Gasteiger partial charge in [-0.25, -0.2) is 9.67 Å². The van der Waals surface area contributed by atoms with Gasteiger partial charge in [-0.2, -0.15) is 5.10 Å². The molecule has 25 heavy (non-hydrogen) atoms. The molecule has 0 aliphatic carbocycles. The van der Waals surface area contributed by atoms with Crippen LogP contribution in [0.3, 0.4) is 0 Å². The monoisotopic (exact) mass is 352 g/mol. The Morgan fingerprint density at radius 2 is 2.04 bits per heavy atom. The predicted molar refractivity (Wildman–Crippen MR) is 82.3 cm³/mol. The summed E-state index contributed by atoms with van der Waals surface area (Å²) in [6.07, 6.45) is -2.24. The lowest BCUT2D eigenvalue weighted by molar-refractivity contribution is -0.274. The van der Waals surface area contributed by atoms with Crippen LogP contribution in [-0.2, 0) is 17.9 Å². The van der Waals surface area contributed by atoms with Crippen LogP contribution in [0.25, 0.3) is 6.08 Å². The number of nitrogens with zero attached hydrogens (tertiary/aromatic N) is 4. The van der Waals surface area contributed by atoms with Gasteiger partial charge in [-0.15, -0.1) is 13.2 Å². The number of carbonyl (C=O) groups is 1. The highest BCUT2D eigenvalue weighted by Gasteiger charge is 2.31. The molecule has 0 saturated carbocycles. The van der Waals surface area contributed by atoms with Crippen LogP contribution in [0.4, 0.5) is 13.2 Å². The summed E-state index contributed by atoms with van der Waals surface area (Å²) in [5, 5.41) is 4.21. The van der Waals surface area contributed by atoms with Gasteiger partial charge in [-0.3, -0.25) is 4.79 Å². The molecule has 1 aromatic carbocycles. The zero-order valence-electron chi connectivity index (χ0n) is 13.3. The topological polar surface area (TPSA) is 60.2 Å². The number of carbonyl (C=O) groups excluding carboxylic acids is 1. The third kappa shape index (κ3) is 4.17. The van der Waals surface area contributed by atoms with E-state index in [-0.39, 0.29) is 17.2 Å². The maximum atomic E-state index is 12.4. The maximum absolute atomic E-state index is 12.4. The van der Waals surface area contributed by atoms with Crippen molar-refractivity contribution in [3.63, 3.8) is 0 Å². The first-order valence-corrected chi connectivity index (χ1v) is 7.54. The minimum atomic E-state index is -4.79. The van der Waals surface area contributed by atoms with Crippen LogP contribution in [0.2, 0.25) is 0 Å². The largest absolute Gasteiger partial charge is 0.573 e. The molecule has 0 radical (unpaired) electrons. The molecule has 1 amide bonds. The van der Waals surface area contributed by atoms with E-state index in [1.807, 2.05) is 0 Å². The first-order valence-electron chi connectivity index (χ1n) is 7.54. The van der Waals surface area contributed by atoms with Gasteiger partial charge in [-0.1, -0.05) is 18.2 Å². The Balaban J connectivity index is 1.71. The summed E-state index contributed by atoms with van der Waals surface area (Å²) in [4.78, 5) is 18.1. The average Bonchev–Trinajstić information content (AvgIpc) is 2.91. The molecule has 3 rings (SSSR count). The van der Waals surface area contributed by atoms with E-state index in [2.05, 4.69) is 14.8 Å². The molecular weight excluding hydrogens is 337 g/mol. The number of amides is 1. The van der Waals surface area contributed by atoms with Crippen molar-refractivity contribution in [2.45, 2.75) is 26.4 Å². The third-order valence-electron chi connectivity index (χ3n) is 3.63. The lowest BCUT2D eigenvalue weighted by Gasteiger charge is -2.25. The van der Waals surface area contributed by atoms with Crippen molar-refractivity contribution >= 4 is 12.0 Å². The Labute approximate surface area is 141 Å². The van der Waals surface area contributed by atoms with Crippen LogP contribution in [0, 0.1) is 6.92 Å². The summed E-state index contributed by atoms with van der Waals surface area (Å²) in [5.41, 5.74) is 0.171. The van der Waals surface area contributed by atoms with E-state index in [4.69, 9.17) is 0 Å². The molecule has 1 aliphatic rings. The molecule has 1 aliphatic heterocycles. The van der Waals surface area contributed by atoms with E-state index < -0.39 is 6.36 Å². The standard InChI is InChI=1S/C16H15F3N4O2/c1-11-20-14-10-22(8-9-23(14)21-11)15(24)7-6-12-4-2-3-5-13(12)25-16(17,18)19/h2-7H,8-10H2,1H3/b7-6-. The quantitative estimate of drug-likeness (QED) is 0.797. The van der Waals surface area contributed by atoms with Crippen LogP contribution in [0.1, 0.15) is 17.2 Å². The van der Waals surface area contributed by atoms with Crippen LogP contribution in [-0.4, -0.2) is 38.5 Å². The third-order valence-corrected chi connectivity index (χ3v) is 3.63. The highest BCUT2D eigenvalue weighted by Crippen LogP contribution is 2.27. The fourth-order valence-electron chi connectivity index (χ4n) is 2.55. The molecule has 0 N–H and O–H groups in total. The summed E-state index contributed by atoms with van der Waals surface area (Å²) in [6, 6.07) is 5.64. The average molecular weight is 352 g/mol. The second-order valence-corrected chi connectivity index (χ2v) is 5.48. The van der Waals surface area contributed by atoms with Gasteiger partial charge in [0, 0.05) is 18.2 Å². The molecular formula is C16H15F3N4O2. The Hall–Kier alpha value is -2.84. The summed E-state index contributed by atoms with van der Waals surface area (Å²) in [7, 11) is 0. The lowest BCUT2D eigenvalue weighted by Crippen LogP contribution is -2.37. The number of ether oxygens (including phenoxy) is 1. The SMILES string of the molecule is Cc1nc2n(n1)CCN(C(=O)/C=C\c1ccccc1OC(F)(F)F)C2. The maximum Gasteiger partial charge on any atom is 0.573 e. The predicted octanol–water partition coefficient (Wildman–Crippen LogP) is 2.54. The number of aryl methyl sites for hydroxylation is 1. The Morgan fingerprint density at radius 1 is 1.28 bits per heavy atom. The molecule has 1 aromatic heterocycles. The van der Waals surface area contributed by atoms with Crippen LogP contribution >= 0.6 is 0 Å². The van der Waals surface area contributed by atoms with E-state index in [0.29, 0.717) is 31.3 Å². The summed E-state index contributed by atoms with van der Waals surface area (Å²) in [5.74, 6) is 0.658. The normalized spacial score (nSPS) is 14.6. The van der Waals surface area contributed by atoms with Crippen molar-refractivity contribution in [3.05, 3.63) is 47.6 Å². The Kier molecular flexibility index (Phi) is 4.47. The summed E-state index contributed by atoms with van der Waals surface area (Å²) < 4.78 is 43.0. The molecule has 0 saturated heterocycles. The van der Waals surface area contributed by atoms with Gasteiger partial charge in [0.1, 0.15) is 17.4 Å². The van der Waals surface area contributed by atoms with E-state index in [1.54, 1.807) is 22.6 Å². The zero-order valence-corrected chi connectivity index (χ0v) is 13.3. The first-order chi connectivity index (χ1) is 11.8. The summed E-state index contributed by atoms with van der Waals surface area (Å²) in [6.45, 7) is 3.07. The van der Waals surface area contributed by atoms with Crippen molar-refractivity contribution in [1.29, 1.82) is 0 Å².